The van der Waals surface area contributed by atoms with Crippen LogP contribution >= 0.6 is 0 Å². The van der Waals surface area contributed by atoms with E-state index in [1.807, 2.05) is 0 Å². The number of hydrogen-bond acceptors (Lipinski definition) is 20. The van der Waals surface area contributed by atoms with Gasteiger partial charge in [0.25, 0.3) is 25.9 Å². The van der Waals surface area contributed by atoms with Crippen LogP contribution in [0.15, 0.2) is 119 Å². The van der Waals surface area contributed by atoms with Gasteiger partial charge in [0, 0.05) is 29.7 Å². The van der Waals surface area contributed by atoms with E-state index in [0.717, 1.165) is 41.1 Å². The Hall–Kier alpha value is -7.89. The lowest BCUT2D eigenvalue weighted by molar-refractivity contribution is -0.385. The molecule has 0 unspecified atom stereocenters. The lowest BCUT2D eigenvalue weighted by Crippen LogP contribution is -2.04. The molecular formula is C37H30FN9O16S2. The molecule has 0 saturated heterocycles. The molecule has 0 fully saturated rings. The van der Waals surface area contributed by atoms with Gasteiger partial charge in [0.15, 0.2) is 17.3 Å². The number of non-ortho nitro benzene ring substituents is 1. The van der Waals surface area contributed by atoms with Crippen molar-refractivity contribution >= 4 is 76.8 Å². The van der Waals surface area contributed by atoms with E-state index in [1.54, 1.807) is 0 Å². The number of phenols is 1. The van der Waals surface area contributed by atoms with Crippen LogP contribution in [-0.2, 0) is 31.5 Å². The Labute approximate surface area is 363 Å². The number of aromatic nitrogens is 2. The summed E-state index contributed by atoms with van der Waals surface area (Å²) >= 11 is 0. The minimum atomic E-state index is -5.25. The SMILES string of the molecule is O=C(O)Cc1nn(-c2ccc3c(O)c(/N=N/c4cc(OCCO)c(/N=N/c5ccc([N+](=O)[O-])cc5S(=O)(=O)O)cc4OCCO)c(S(=O)(=O)O)cc3c2)c(O)c1/N=N/c1ccccc1F. The van der Waals surface area contributed by atoms with Crippen LogP contribution in [0.3, 0.4) is 0 Å². The van der Waals surface area contributed by atoms with Crippen molar-refractivity contribution in [2.24, 2.45) is 30.7 Å². The van der Waals surface area contributed by atoms with Crippen LogP contribution in [0.4, 0.5) is 44.2 Å². The number of ether oxygens (including phenoxy) is 2. The number of carboxylic acids is 1. The van der Waals surface area contributed by atoms with Crippen molar-refractivity contribution in [3.63, 3.8) is 0 Å². The number of nitrogens with zero attached hydrogens (tertiary/aromatic N) is 9. The number of hydrogen-bond donors (Lipinski definition) is 7. The molecule has 0 amide bonds. The van der Waals surface area contributed by atoms with E-state index in [1.165, 1.54) is 36.4 Å². The number of halogens is 1. The zero-order valence-corrected chi connectivity index (χ0v) is 34.2. The number of azo groups is 3. The van der Waals surface area contributed by atoms with Crippen LogP contribution in [0.5, 0.6) is 23.1 Å². The molecule has 1 heterocycles. The average Bonchev–Trinajstić information content (AvgIpc) is 3.55. The van der Waals surface area contributed by atoms with E-state index in [-0.39, 0.29) is 57.3 Å². The Morgan fingerprint density at radius 3 is 1.91 bits per heavy atom. The Bertz CT molecular complexity index is 3180. The molecule has 1 aromatic heterocycles. The maximum absolute atomic E-state index is 14.2. The first kappa shape index (κ1) is 46.6. The molecule has 0 spiro atoms. The van der Waals surface area contributed by atoms with Crippen molar-refractivity contribution in [2.75, 3.05) is 26.4 Å². The number of fused-ring (bicyclic) bond motifs is 1. The summed E-state index contributed by atoms with van der Waals surface area (Å²) in [5, 5.41) is 89.1. The van der Waals surface area contributed by atoms with E-state index >= 15 is 0 Å². The lowest BCUT2D eigenvalue weighted by Gasteiger charge is -2.13. The summed E-state index contributed by atoms with van der Waals surface area (Å²) < 4.78 is 95.6. The zero-order chi connectivity index (χ0) is 47.2. The first-order valence-electron chi connectivity index (χ1n) is 18.0. The number of carbonyl (C=O) groups is 1. The number of carboxylic acid groups (broad SMARTS) is 1. The second-order valence-corrected chi connectivity index (χ2v) is 15.7. The molecule has 6 aromatic rings. The highest BCUT2D eigenvalue weighted by Crippen LogP contribution is 2.46. The summed E-state index contributed by atoms with van der Waals surface area (Å²) in [6.07, 6.45) is -0.767. The fraction of sp³-hybridized carbons (Fsp3) is 0.135. The summed E-state index contributed by atoms with van der Waals surface area (Å²) in [7, 11) is -10.3. The van der Waals surface area contributed by atoms with E-state index < -0.39 is 107 Å². The van der Waals surface area contributed by atoms with Gasteiger partial charge in [-0.1, -0.05) is 12.1 Å². The van der Waals surface area contributed by atoms with Crippen molar-refractivity contribution in [2.45, 2.75) is 16.2 Å². The number of aromatic hydroxyl groups is 2. The van der Waals surface area contributed by atoms with Crippen LogP contribution in [-0.4, -0.2) is 98.6 Å². The summed E-state index contributed by atoms with van der Waals surface area (Å²) in [5.41, 5.74) is -3.68. The largest absolute Gasteiger partial charge is 0.505 e. The standard InChI is InChI=1S/C37H30FN9O16S2/c38-23-3-1-2-4-24(23)39-43-34-28(18-33(50)51)45-46(37(34)53)20-5-7-22-19(13-20)14-32(65(59,60)61)35(36(22)52)44-42-27-17-29(62-11-9-48)26(16-30(27)63-12-10-49)41-40-25-8-6-21(47(54)55)15-31(25)64(56,57)58/h1-8,13-17,48-49,52-53H,9-12,18H2,(H,50,51)(H,56,57,58)(H,59,60,61)/b41-40+,43-39+,44-42+. The molecule has 6 rings (SSSR count). The van der Waals surface area contributed by atoms with E-state index in [9.17, 15) is 70.8 Å². The van der Waals surface area contributed by atoms with Gasteiger partial charge in [-0.15, -0.1) is 30.7 Å². The number of phenolic OH excluding ortho intramolecular Hbond substituents is 1. The molecule has 25 nitrogen and oxygen atoms in total. The van der Waals surface area contributed by atoms with Gasteiger partial charge in [-0.2, -0.15) is 26.6 Å². The molecule has 0 atom stereocenters. The third kappa shape index (κ3) is 10.7. The molecule has 0 radical (unpaired) electrons. The first-order chi connectivity index (χ1) is 30.8. The van der Waals surface area contributed by atoms with Crippen LogP contribution in [0.2, 0.25) is 0 Å². The minimum Gasteiger partial charge on any atom is -0.505 e. The average molecular weight is 940 g/mol. The molecule has 28 heteroatoms. The van der Waals surface area contributed by atoms with Gasteiger partial charge in [-0.05, 0) is 47.9 Å². The third-order valence-electron chi connectivity index (χ3n) is 8.59. The highest BCUT2D eigenvalue weighted by molar-refractivity contribution is 7.86. The normalized spacial score (nSPS) is 12.2. The second-order valence-electron chi connectivity index (χ2n) is 12.9. The van der Waals surface area contributed by atoms with Crippen molar-refractivity contribution in [3.05, 3.63) is 100 Å². The Kier molecular flexibility index (Phi) is 13.8. The third-order valence-corrected chi connectivity index (χ3v) is 10.3. The van der Waals surface area contributed by atoms with Gasteiger partial charge in [-0.3, -0.25) is 24.0 Å². The summed E-state index contributed by atoms with van der Waals surface area (Å²) in [5.74, 6) is -4.30. The quantitative estimate of drug-likeness (QED) is 0.0207. The van der Waals surface area contributed by atoms with Gasteiger partial charge in [-0.25, -0.2) is 4.39 Å². The van der Waals surface area contributed by atoms with Crippen LogP contribution in [0.1, 0.15) is 5.69 Å². The summed E-state index contributed by atoms with van der Waals surface area (Å²) in [6, 6.07) is 14.2. The first-order valence-corrected chi connectivity index (χ1v) is 20.9. The predicted octanol–water partition coefficient (Wildman–Crippen LogP) is 6.59. The second kappa shape index (κ2) is 19.2. The summed E-state index contributed by atoms with van der Waals surface area (Å²) in [4.78, 5) is 20.0. The molecule has 0 aliphatic carbocycles. The highest BCUT2D eigenvalue weighted by Gasteiger charge is 2.26. The van der Waals surface area contributed by atoms with Crippen molar-refractivity contribution in [3.8, 4) is 28.8 Å². The number of aliphatic hydroxyl groups is 2. The van der Waals surface area contributed by atoms with Gasteiger partial charge in [0.1, 0.15) is 68.6 Å². The van der Waals surface area contributed by atoms with Crippen molar-refractivity contribution in [1.82, 2.24) is 9.78 Å². The maximum atomic E-state index is 14.2. The Morgan fingerprint density at radius 2 is 1.32 bits per heavy atom. The number of nitro groups is 1. The molecule has 65 heavy (non-hydrogen) atoms. The number of nitro benzene ring substituents is 1. The Morgan fingerprint density at radius 1 is 0.738 bits per heavy atom. The molecule has 0 bridgehead atoms. The van der Waals surface area contributed by atoms with Gasteiger partial charge in [0.05, 0.1) is 30.2 Å². The molecule has 0 aliphatic heterocycles. The van der Waals surface area contributed by atoms with Gasteiger partial charge < -0.3 is 35.0 Å². The van der Waals surface area contributed by atoms with Crippen LogP contribution in [0.25, 0.3) is 16.5 Å². The highest BCUT2D eigenvalue weighted by atomic mass is 32.2. The molecule has 338 valence electrons. The molecular weight excluding hydrogens is 910 g/mol. The number of rotatable bonds is 18. The topological polar surface area (TPSA) is 381 Å². The number of aliphatic carboxylic acids is 1. The number of aliphatic hydroxyl groups excluding tert-OH is 2. The molecule has 0 saturated carbocycles. The van der Waals surface area contributed by atoms with E-state index in [2.05, 4.69) is 35.8 Å². The maximum Gasteiger partial charge on any atom is 0.309 e. The zero-order valence-electron chi connectivity index (χ0n) is 32.6. The van der Waals surface area contributed by atoms with Crippen molar-refractivity contribution < 1.29 is 75.1 Å². The predicted molar refractivity (Wildman–Crippen MR) is 219 cm³/mol. The monoisotopic (exact) mass is 939 g/mol. The van der Waals surface area contributed by atoms with Crippen LogP contribution < -0.4 is 9.47 Å². The summed E-state index contributed by atoms with van der Waals surface area (Å²) in [6.45, 7) is -1.90. The minimum absolute atomic E-state index is 0.0508. The lowest BCUT2D eigenvalue weighted by atomic mass is 10.1. The fourth-order valence-electron chi connectivity index (χ4n) is 5.74. The molecule has 5 aromatic carbocycles. The van der Waals surface area contributed by atoms with E-state index in [0.29, 0.717) is 6.07 Å². The van der Waals surface area contributed by atoms with E-state index in [4.69, 9.17) is 9.47 Å². The van der Waals surface area contributed by atoms with Crippen LogP contribution in [0, 0.1) is 15.9 Å². The van der Waals surface area contributed by atoms with Crippen molar-refractivity contribution in [1.29, 1.82) is 0 Å². The number of benzene rings is 5. The van der Waals surface area contributed by atoms with Gasteiger partial charge in [0.2, 0.25) is 5.88 Å². The molecule has 7 N–H and O–H groups in total. The fourth-order valence-corrected chi connectivity index (χ4v) is 7.05. The molecule has 0 aliphatic rings. The smallest absolute Gasteiger partial charge is 0.309 e. The Balaban J connectivity index is 1.44. The van der Waals surface area contributed by atoms with Gasteiger partial charge >= 0.3 is 5.97 Å².